The molecule has 0 spiro atoms. The van der Waals surface area contributed by atoms with E-state index in [1.165, 1.54) is 0 Å². The van der Waals surface area contributed by atoms with Crippen LogP contribution in [0.15, 0.2) is 52.9 Å². The smallest absolute Gasteiger partial charge is 0.336 e. The van der Waals surface area contributed by atoms with E-state index in [0.29, 0.717) is 29.2 Å². The molecule has 5 nitrogen and oxygen atoms in total. The Morgan fingerprint density at radius 3 is 2.54 bits per heavy atom. The van der Waals surface area contributed by atoms with Gasteiger partial charge in [-0.25, -0.2) is 4.79 Å². The first kappa shape index (κ1) is 25.1. The lowest BCUT2D eigenvalue weighted by molar-refractivity contribution is -0.138. The first-order valence-corrected chi connectivity index (χ1v) is 12.5. The van der Waals surface area contributed by atoms with E-state index in [9.17, 15) is 9.59 Å². The van der Waals surface area contributed by atoms with Gasteiger partial charge in [-0.2, -0.15) is 0 Å². The summed E-state index contributed by atoms with van der Waals surface area (Å²) in [4.78, 5) is 26.3. The van der Waals surface area contributed by atoms with Crippen molar-refractivity contribution in [2.75, 3.05) is 6.61 Å². The second-order valence-electron chi connectivity index (χ2n) is 9.32. The maximum Gasteiger partial charge on any atom is 0.336 e. The van der Waals surface area contributed by atoms with Crippen LogP contribution in [0.2, 0.25) is 5.02 Å². The fourth-order valence-electron chi connectivity index (χ4n) is 5.09. The molecular formula is C29H32ClNO4. The molecule has 0 saturated heterocycles. The number of ketones is 1. The largest absolute Gasteiger partial charge is 0.489 e. The lowest BCUT2D eigenvalue weighted by Gasteiger charge is -2.35. The van der Waals surface area contributed by atoms with Gasteiger partial charge in [-0.1, -0.05) is 23.7 Å². The van der Waals surface area contributed by atoms with Gasteiger partial charge in [0.1, 0.15) is 12.4 Å². The molecule has 0 amide bonds. The highest BCUT2D eigenvalue weighted by Gasteiger charge is 2.39. The van der Waals surface area contributed by atoms with Crippen molar-refractivity contribution in [1.82, 2.24) is 5.32 Å². The number of hydrogen-bond donors (Lipinski definition) is 1. The first-order chi connectivity index (χ1) is 16.7. The summed E-state index contributed by atoms with van der Waals surface area (Å²) < 4.78 is 11.6. The summed E-state index contributed by atoms with van der Waals surface area (Å²) >= 11 is 6.09. The summed E-state index contributed by atoms with van der Waals surface area (Å²) in [6, 6.07) is 9.76. The van der Waals surface area contributed by atoms with Gasteiger partial charge in [-0.3, -0.25) is 4.79 Å². The molecule has 0 saturated carbocycles. The highest BCUT2D eigenvalue weighted by atomic mass is 35.5. The number of ether oxygens (including phenoxy) is 2. The Balaban J connectivity index is 1.79. The second-order valence-corrected chi connectivity index (χ2v) is 9.76. The van der Waals surface area contributed by atoms with Crippen LogP contribution in [-0.4, -0.2) is 18.4 Å². The molecule has 1 atom stereocenters. The average Bonchev–Trinajstić information content (AvgIpc) is 2.79. The molecule has 0 aromatic heterocycles. The van der Waals surface area contributed by atoms with Crippen LogP contribution in [0.25, 0.3) is 0 Å². The topological polar surface area (TPSA) is 64.6 Å². The maximum absolute atomic E-state index is 13.2. The number of rotatable bonds is 6. The van der Waals surface area contributed by atoms with Crippen LogP contribution in [0.1, 0.15) is 66.8 Å². The van der Waals surface area contributed by atoms with E-state index in [1.807, 2.05) is 39.0 Å². The SMILES string of the molecule is CCOC(=O)C1=C(C)NC2=C(C(=O)CCC2)C1c1cc(COc2ccc(Cl)cc2C)c(C)cc1C. The highest BCUT2D eigenvalue weighted by Crippen LogP contribution is 2.44. The Labute approximate surface area is 212 Å². The lowest BCUT2D eigenvalue weighted by atomic mass is 9.73. The first-order valence-electron chi connectivity index (χ1n) is 12.1. The van der Waals surface area contributed by atoms with Crippen LogP contribution in [0.3, 0.4) is 0 Å². The molecule has 1 unspecified atom stereocenters. The number of esters is 1. The van der Waals surface area contributed by atoms with Crippen LogP contribution >= 0.6 is 11.6 Å². The molecule has 6 heteroatoms. The number of nitrogens with one attached hydrogen (secondary N) is 1. The predicted molar refractivity (Wildman–Crippen MR) is 138 cm³/mol. The molecule has 2 aliphatic rings. The number of hydrogen-bond acceptors (Lipinski definition) is 5. The van der Waals surface area contributed by atoms with Gasteiger partial charge in [-0.05, 0) is 93.5 Å². The molecule has 1 N–H and O–H groups in total. The van der Waals surface area contributed by atoms with E-state index in [-0.39, 0.29) is 18.4 Å². The van der Waals surface area contributed by atoms with Gasteiger partial charge in [0, 0.05) is 34.3 Å². The van der Waals surface area contributed by atoms with E-state index in [4.69, 9.17) is 21.1 Å². The third kappa shape index (κ3) is 5.01. The zero-order valence-corrected chi connectivity index (χ0v) is 21.8. The zero-order valence-electron chi connectivity index (χ0n) is 21.0. The van der Waals surface area contributed by atoms with Gasteiger partial charge in [0.15, 0.2) is 5.78 Å². The number of allylic oxidation sites excluding steroid dienone is 3. The number of benzene rings is 2. The summed E-state index contributed by atoms with van der Waals surface area (Å²) in [5, 5.41) is 4.01. The van der Waals surface area contributed by atoms with E-state index < -0.39 is 5.92 Å². The fourth-order valence-corrected chi connectivity index (χ4v) is 5.31. The Bertz CT molecular complexity index is 1260. The molecule has 1 heterocycles. The van der Waals surface area contributed by atoms with Crippen molar-refractivity contribution >= 4 is 23.4 Å². The minimum atomic E-state index is -0.463. The molecule has 2 aromatic rings. The molecule has 0 fully saturated rings. The van der Waals surface area contributed by atoms with Gasteiger partial charge in [-0.15, -0.1) is 0 Å². The van der Waals surface area contributed by atoms with E-state index >= 15 is 0 Å². The normalized spacial score (nSPS) is 17.8. The van der Waals surface area contributed by atoms with Crippen molar-refractivity contribution in [3.8, 4) is 5.75 Å². The summed E-state index contributed by atoms with van der Waals surface area (Å²) in [6.07, 6.45) is 2.09. The van der Waals surface area contributed by atoms with Gasteiger partial charge in [0.2, 0.25) is 0 Å². The molecule has 2 aromatic carbocycles. The number of Topliss-reactive ketones (excluding diaryl/α,β-unsaturated/α-hetero) is 1. The monoisotopic (exact) mass is 493 g/mol. The summed E-state index contributed by atoms with van der Waals surface area (Å²) in [6.45, 7) is 10.4. The summed E-state index contributed by atoms with van der Waals surface area (Å²) in [7, 11) is 0. The summed E-state index contributed by atoms with van der Waals surface area (Å²) in [5.74, 6) is 0.0116. The number of carbonyl (C=O) groups is 2. The number of halogens is 1. The van der Waals surface area contributed by atoms with Crippen LogP contribution in [0.5, 0.6) is 5.75 Å². The van der Waals surface area contributed by atoms with Crippen LogP contribution in [0, 0.1) is 20.8 Å². The molecular weight excluding hydrogens is 462 g/mol. The van der Waals surface area contributed by atoms with E-state index in [1.54, 1.807) is 6.92 Å². The minimum Gasteiger partial charge on any atom is -0.489 e. The number of carbonyl (C=O) groups excluding carboxylic acids is 2. The second kappa shape index (κ2) is 10.3. The van der Waals surface area contributed by atoms with Gasteiger partial charge < -0.3 is 14.8 Å². The zero-order chi connectivity index (χ0) is 25.3. The summed E-state index contributed by atoms with van der Waals surface area (Å²) in [5.41, 5.74) is 7.90. The van der Waals surface area contributed by atoms with Crippen LogP contribution in [0.4, 0.5) is 0 Å². The Morgan fingerprint density at radius 2 is 1.83 bits per heavy atom. The molecule has 1 aliphatic carbocycles. The maximum atomic E-state index is 13.2. The highest BCUT2D eigenvalue weighted by molar-refractivity contribution is 6.30. The van der Waals surface area contributed by atoms with E-state index in [0.717, 1.165) is 57.8 Å². The van der Waals surface area contributed by atoms with Gasteiger partial charge in [0.25, 0.3) is 0 Å². The Kier molecular flexibility index (Phi) is 7.36. The fraction of sp³-hybridized carbons (Fsp3) is 0.379. The standard InChI is InChI=1S/C29H32ClNO4/c1-6-34-29(33)26-19(5)31-23-8-7-9-24(32)28(23)27(26)22-14-20(16(2)12-17(22)3)15-35-25-11-10-21(30)13-18(25)4/h10-14,27,31H,6-9,15H2,1-5H3. The van der Waals surface area contributed by atoms with Crippen molar-refractivity contribution in [2.24, 2.45) is 0 Å². The van der Waals surface area contributed by atoms with Crippen molar-refractivity contribution < 1.29 is 19.1 Å². The quantitative estimate of drug-likeness (QED) is 0.473. The molecule has 4 rings (SSSR count). The Morgan fingerprint density at radius 1 is 1.06 bits per heavy atom. The predicted octanol–water partition coefficient (Wildman–Crippen LogP) is 6.38. The third-order valence-corrected chi connectivity index (χ3v) is 7.06. The number of aryl methyl sites for hydroxylation is 3. The van der Waals surface area contributed by atoms with Gasteiger partial charge >= 0.3 is 5.97 Å². The van der Waals surface area contributed by atoms with Crippen molar-refractivity contribution in [2.45, 2.75) is 66.4 Å². The lowest BCUT2D eigenvalue weighted by Crippen LogP contribution is -2.34. The Hall–Kier alpha value is -3.05. The van der Waals surface area contributed by atoms with Crippen molar-refractivity contribution in [3.63, 3.8) is 0 Å². The van der Waals surface area contributed by atoms with Crippen LogP contribution < -0.4 is 10.1 Å². The molecule has 0 bridgehead atoms. The molecule has 184 valence electrons. The van der Waals surface area contributed by atoms with Crippen molar-refractivity contribution in [3.05, 3.63) is 85.7 Å². The minimum absolute atomic E-state index is 0.0904. The average molecular weight is 494 g/mol. The van der Waals surface area contributed by atoms with Crippen molar-refractivity contribution in [1.29, 1.82) is 0 Å². The molecule has 35 heavy (non-hydrogen) atoms. The molecule has 1 aliphatic heterocycles. The van der Waals surface area contributed by atoms with E-state index in [2.05, 4.69) is 24.4 Å². The van der Waals surface area contributed by atoms with Crippen LogP contribution in [-0.2, 0) is 20.9 Å². The number of dihydropyridines is 1. The molecule has 0 radical (unpaired) electrons. The van der Waals surface area contributed by atoms with Gasteiger partial charge in [0.05, 0.1) is 12.2 Å². The third-order valence-electron chi connectivity index (χ3n) is 6.83.